The number of halogens is 2. The first-order valence-corrected chi connectivity index (χ1v) is 11.4. The SMILES string of the molecule is CCCCNC(=O)C1CN(S(=O)(=O)c2ccc(Cl)cc2)CC1c1cccc(F)c1. The maximum Gasteiger partial charge on any atom is 0.243 e. The molecule has 8 heteroatoms. The first-order chi connectivity index (χ1) is 13.8. The normalized spacial score (nSPS) is 20.0. The van der Waals surface area contributed by atoms with E-state index in [0.717, 1.165) is 12.8 Å². The zero-order valence-electron chi connectivity index (χ0n) is 16.1. The van der Waals surface area contributed by atoms with Gasteiger partial charge >= 0.3 is 0 Å². The quantitative estimate of drug-likeness (QED) is 0.668. The Morgan fingerprint density at radius 3 is 2.59 bits per heavy atom. The number of nitrogens with zero attached hydrogens (tertiary/aromatic N) is 1. The molecule has 1 N–H and O–H groups in total. The van der Waals surface area contributed by atoms with E-state index in [2.05, 4.69) is 5.32 Å². The number of amides is 1. The van der Waals surface area contributed by atoms with Gasteiger partial charge in [-0.1, -0.05) is 37.1 Å². The maximum absolute atomic E-state index is 13.8. The lowest BCUT2D eigenvalue weighted by Crippen LogP contribution is -2.36. The third-order valence-electron chi connectivity index (χ3n) is 5.18. The van der Waals surface area contributed by atoms with Gasteiger partial charge in [0.1, 0.15) is 5.82 Å². The highest BCUT2D eigenvalue weighted by molar-refractivity contribution is 7.89. The molecule has 0 bridgehead atoms. The van der Waals surface area contributed by atoms with Crippen LogP contribution in [0.15, 0.2) is 53.4 Å². The molecule has 2 unspecified atom stereocenters. The minimum Gasteiger partial charge on any atom is -0.356 e. The largest absolute Gasteiger partial charge is 0.356 e. The highest BCUT2D eigenvalue weighted by Gasteiger charge is 2.43. The van der Waals surface area contributed by atoms with Crippen LogP contribution in [-0.4, -0.2) is 38.3 Å². The Morgan fingerprint density at radius 1 is 1.21 bits per heavy atom. The van der Waals surface area contributed by atoms with Gasteiger partial charge in [0.2, 0.25) is 15.9 Å². The van der Waals surface area contributed by atoms with Crippen LogP contribution >= 0.6 is 11.6 Å². The summed E-state index contributed by atoms with van der Waals surface area (Å²) in [7, 11) is -3.80. The van der Waals surface area contributed by atoms with Crippen LogP contribution in [-0.2, 0) is 14.8 Å². The van der Waals surface area contributed by atoms with E-state index >= 15 is 0 Å². The second kappa shape index (κ2) is 9.24. The van der Waals surface area contributed by atoms with Crippen LogP contribution in [0.4, 0.5) is 4.39 Å². The van der Waals surface area contributed by atoms with Gasteiger partial charge in [-0.25, -0.2) is 12.8 Å². The predicted octanol–water partition coefficient (Wildman–Crippen LogP) is 3.80. The summed E-state index contributed by atoms with van der Waals surface area (Å²) in [6, 6.07) is 11.9. The Morgan fingerprint density at radius 2 is 1.93 bits per heavy atom. The summed E-state index contributed by atoms with van der Waals surface area (Å²) < 4.78 is 41.3. The molecule has 1 saturated heterocycles. The molecule has 1 amide bonds. The van der Waals surface area contributed by atoms with Gasteiger partial charge in [0.05, 0.1) is 10.8 Å². The van der Waals surface area contributed by atoms with Gasteiger partial charge in [-0.2, -0.15) is 4.31 Å². The van der Waals surface area contributed by atoms with Crippen molar-refractivity contribution in [2.45, 2.75) is 30.6 Å². The van der Waals surface area contributed by atoms with E-state index in [1.54, 1.807) is 12.1 Å². The minimum atomic E-state index is -3.80. The zero-order chi connectivity index (χ0) is 21.0. The van der Waals surface area contributed by atoms with Crippen LogP contribution in [0.2, 0.25) is 5.02 Å². The molecule has 0 aliphatic carbocycles. The summed E-state index contributed by atoms with van der Waals surface area (Å²) in [5.41, 5.74) is 0.620. The number of carbonyl (C=O) groups excluding carboxylic acids is 1. The molecule has 1 heterocycles. The number of carbonyl (C=O) groups is 1. The van der Waals surface area contributed by atoms with Crippen molar-refractivity contribution in [1.82, 2.24) is 9.62 Å². The standard InChI is InChI=1S/C21H24ClFN2O3S/c1-2-3-11-24-21(26)20-14-25(13-19(20)15-5-4-6-17(23)12-15)29(27,28)18-9-7-16(22)8-10-18/h4-10,12,19-20H,2-3,11,13-14H2,1H3,(H,24,26). The highest BCUT2D eigenvalue weighted by atomic mass is 35.5. The van der Waals surface area contributed by atoms with E-state index in [4.69, 9.17) is 11.6 Å². The Labute approximate surface area is 175 Å². The Balaban J connectivity index is 1.89. The van der Waals surface area contributed by atoms with Crippen molar-refractivity contribution in [1.29, 1.82) is 0 Å². The smallest absolute Gasteiger partial charge is 0.243 e. The number of hydrogen-bond acceptors (Lipinski definition) is 3. The first kappa shape index (κ1) is 21.7. The summed E-state index contributed by atoms with van der Waals surface area (Å²) >= 11 is 5.87. The number of hydrogen-bond donors (Lipinski definition) is 1. The van der Waals surface area contributed by atoms with Gasteiger partial charge in [0.25, 0.3) is 0 Å². The molecule has 0 spiro atoms. The average Bonchev–Trinajstić information content (AvgIpc) is 3.15. The molecule has 1 aliphatic rings. The van der Waals surface area contributed by atoms with Crippen molar-refractivity contribution in [3.63, 3.8) is 0 Å². The van der Waals surface area contributed by atoms with E-state index in [0.29, 0.717) is 17.1 Å². The van der Waals surface area contributed by atoms with Gasteiger partial charge in [-0.3, -0.25) is 4.79 Å². The number of benzene rings is 2. The molecule has 1 aliphatic heterocycles. The van der Waals surface area contributed by atoms with Crippen molar-refractivity contribution in [2.24, 2.45) is 5.92 Å². The molecule has 156 valence electrons. The summed E-state index contributed by atoms with van der Waals surface area (Å²) in [6.07, 6.45) is 1.78. The summed E-state index contributed by atoms with van der Waals surface area (Å²) in [5.74, 6) is -1.63. The maximum atomic E-state index is 13.8. The zero-order valence-corrected chi connectivity index (χ0v) is 17.7. The molecule has 2 atom stereocenters. The molecule has 5 nitrogen and oxygen atoms in total. The molecule has 3 rings (SSSR count). The minimum absolute atomic E-state index is 0.0457. The van der Waals surface area contributed by atoms with Crippen molar-refractivity contribution >= 4 is 27.5 Å². The second-order valence-electron chi connectivity index (χ2n) is 7.19. The topological polar surface area (TPSA) is 66.5 Å². The predicted molar refractivity (Wildman–Crippen MR) is 111 cm³/mol. The number of unbranched alkanes of at least 4 members (excludes halogenated alkanes) is 1. The number of nitrogens with one attached hydrogen (secondary N) is 1. The number of rotatable bonds is 7. The van der Waals surface area contributed by atoms with E-state index < -0.39 is 27.7 Å². The van der Waals surface area contributed by atoms with Crippen LogP contribution < -0.4 is 5.32 Å². The molecule has 2 aromatic rings. The fourth-order valence-electron chi connectivity index (χ4n) is 3.58. The van der Waals surface area contributed by atoms with E-state index in [1.165, 1.54) is 40.7 Å². The van der Waals surface area contributed by atoms with Gasteiger partial charge in [0, 0.05) is 30.6 Å². The molecule has 29 heavy (non-hydrogen) atoms. The number of sulfonamides is 1. The second-order valence-corrected chi connectivity index (χ2v) is 9.56. The van der Waals surface area contributed by atoms with Crippen LogP contribution in [0.25, 0.3) is 0 Å². The fraction of sp³-hybridized carbons (Fsp3) is 0.381. The van der Waals surface area contributed by atoms with E-state index in [1.807, 2.05) is 6.92 Å². The van der Waals surface area contributed by atoms with Crippen molar-refractivity contribution in [3.8, 4) is 0 Å². The Bertz CT molecular complexity index is 966. The lowest BCUT2D eigenvalue weighted by molar-refractivity contribution is -0.124. The molecular weight excluding hydrogens is 415 g/mol. The van der Waals surface area contributed by atoms with Crippen LogP contribution in [0.5, 0.6) is 0 Å². The van der Waals surface area contributed by atoms with Gasteiger partial charge in [0.15, 0.2) is 0 Å². The summed E-state index contributed by atoms with van der Waals surface area (Å²) in [5, 5.41) is 3.33. The van der Waals surface area contributed by atoms with Crippen LogP contribution in [0, 0.1) is 11.7 Å². The molecule has 0 aromatic heterocycles. The molecule has 1 fully saturated rings. The average molecular weight is 439 g/mol. The monoisotopic (exact) mass is 438 g/mol. The summed E-state index contributed by atoms with van der Waals surface area (Å²) in [4.78, 5) is 12.9. The fourth-order valence-corrected chi connectivity index (χ4v) is 5.20. The Kier molecular flexibility index (Phi) is 6.93. The third kappa shape index (κ3) is 4.97. The van der Waals surface area contributed by atoms with E-state index in [9.17, 15) is 17.6 Å². The molecular formula is C21H24ClFN2O3S. The summed E-state index contributed by atoms with van der Waals surface area (Å²) in [6.45, 7) is 2.72. The van der Waals surface area contributed by atoms with Gasteiger partial charge < -0.3 is 5.32 Å². The molecule has 0 saturated carbocycles. The molecule has 2 aromatic carbocycles. The third-order valence-corrected chi connectivity index (χ3v) is 7.28. The lowest BCUT2D eigenvalue weighted by atomic mass is 9.88. The van der Waals surface area contributed by atoms with Gasteiger partial charge in [-0.05, 0) is 48.4 Å². The van der Waals surface area contributed by atoms with E-state index in [-0.39, 0.29) is 23.9 Å². The van der Waals surface area contributed by atoms with Crippen molar-refractivity contribution in [2.75, 3.05) is 19.6 Å². The van der Waals surface area contributed by atoms with Crippen LogP contribution in [0.1, 0.15) is 31.2 Å². The molecule has 0 radical (unpaired) electrons. The highest BCUT2D eigenvalue weighted by Crippen LogP contribution is 2.36. The first-order valence-electron chi connectivity index (χ1n) is 9.62. The van der Waals surface area contributed by atoms with Crippen LogP contribution in [0.3, 0.4) is 0 Å². The van der Waals surface area contributed by atoms with Crippen molar-refractivity contribution in [3.05, 3.63) is 64.9 Å². The Hall–Kier alpha value is -1.96. The lowest BCUT2D eigenvalue weighted by Gasteiger charge is -2.18. The van der Waals surface area contributed by atoms with Gasteiger partial charge in [-0.15, -0.1) is 0 Å². The van der Waals surface area contributed by atoms with Crippen molar-refractivity contribution < 1.29 is 17.6 Å².